The molecule has 0 radical (unpaired) electrons. The lowest BCUT2D eigenvalue weighted by molar-refractivity contribution is 0.0511. The van der Waals surface area contributed by atoms with Crippen molar-refractivity contribution in [3.63, 3.8) is 0 Å². The Hall–Kier alpha value is -1.03. The summed E-state index contributed by atoms with van der Waals surface area (Å²) in [6.45, 7) is 4.34. The number of fused-ring (bicyclic) bond motifs is 3. The number of carbonyl (C=O) groups is 1. The van der Waals surface area contributed by atoms with Gasteiger partial charge in [0.15, 0.2) is 0 Å². The number of carboxylic acid groups (broad SMARTS) is 1. The minimum Gasteiger partial charge on any atom is -0.465 e. The van der Waals surface area contributed by atoms with Gasteiger partial charge in [-0.15, -0.1) is 6.58 Å². The fourth-order valence-electron chi connectivity index (χ4n) is 2.33. The molecule has 0 aromatic heterocycles. The van der Waals surface area contributed by atoms with Crippen molar-refractivity contribution in [1.82, 2.24) is 10.2 Å². The standard InChI is InChI=1S/C9H14N2O2/c1-2-7-8-4-3-6(10-7)5-11(8)9(12)13/h2,6-8,10H,1,3-5H2,(H,12,13)/t6-,7?,8-/m0/s1. The molecule has 3 heterocycles. The molecule has 3 aliphatic rings. The highest BCUT2D eigenvalue weighted by Gasteiger charge is 2.41. The SMILES string of the molecule is C=CC1N[C@H]2CC[C@@H]1N(C(=O)O)C2. The number of hydrogen-bond donors (Lipinski definition) is 2. The van der Waals surface area contributed by atoms with Crippen LogP contribution in [0.2, 0.25) is 0 Å². The average Bonchev–Trinajstić information content (AvgIpc) is 2.18. The Morgan fingerprint density at radius 3 is 2.92 bits per heavy atom. The molecule has 0 aliphatic carbocycles. The van der Waals surface area contributed by atoms with Crippen LogP contribution >= 0.6 is 0 Å². The molecule has 0 aromatic carbocycles. The normalized spacial score (nSPS) is 37.5. The van der Waals surface area contributed by atoms with Crippen molar-refractivity contribution in [1.29, 1.82) is 0 Å². The van der Waals surface area contributed by atoms with Crippen molar-refractivity contribution in [3.8, 4) is 0 Å². The number of piperidine rings is 2. The lowest BCUT2D eigenvalue weighted by Crippen LogP contribution is -2.66. The Morgan fingerprint density at radius 1 is 1.62 bits per heavy atom. The first kappa shape index (κ1) is 8.56. The van der Waals surface area contributed by atoms with Crippen molar-refractivity contribution in [3.05, 3.63) is 12.7 Å². The van der Waals surface area contributed by atoms with Crippen molar-refractivity contribution < 1.29 is 9.90 Å². The van der Waals surface area contributed by atoms with Crippen LogP contribution in [0.5, 0.6) is 0 Å². The second kappa shape index (κ2) is 3.03. The summed E-state index contributed by atoms with van der Waals surface area (Å²) in [5.74, 6) is 0. The molecule has 0 saturated carbocycles. The maximum atomic E-state index is 10.9. The van der Waals surface area contributed by atoms with Gasteiger partial charge in [-0.3, -0.25) is 0 Å². The highest BCUT2D eigenvalue weighted by atomic mass is 16.4. The lowest BCUT2D eigenvalue weighted by Gasteiger charge is -2.48. The molecule has 0 aromatic rings. The van der Waals surface area contributed by atoms with E-state index in [1.807, 2.05) is 6.08 Å². The molecule has 72 valence electrons. The van der Waals surface area contributed by atoms with E-state index >= 15 is 0 Å². The summed E-state index contributed by atoms with van der Waals surface area (Å²) < 4.78 is 0. The van der Waals surface area contributed by atoms with E-state index in [4.69, 9.17) is 5.11 Å². The van der Waals surface area contributed by atoms with E-state index in [2.05, 4.69) is 11.9 Å². The van der Waals surface area contributed by atoms with Crippen LogP contribution in [0.3, 0.4) is 0 Å². The van der Waals surface area contributed by atoms with Gasteiger partial charge >= 0.3 is 6.09 Å². The number of nitrogens with one attached hydrogen (secondary N) is 1. The van der Waals surface area contributed by atoms with E-state index in [1.54, 1.807) is 0 Å². The van der Waals surface area contributed by atoms with Crippen molar-refractivity contribution >= 4 is 6.09 Å². The van der Waals surface area contributed by atoms with E-state index in [1.165, 1.54) is 4.90 Å². The second-order valence-electron chi connectivity index (χ2n) is 3.70. The van der Waals surface area contributed by atoms with Gasteiger partial charge in [-0.2, -0.15) is 0 Å². The minimum atomic E-state index is -0.803. The molecule has 3 fully saturated rings. The Balaban J connectivity index is 2.17. The molecule has 1 unspecified atom stereocenters. The smallest absolute Gasteiger partial charge is 0.407 e. The fraction of sp³-hybridized carbons (Fsp3) is 0.667. The zero-order chi connectivity index (χ0) is 9.42. The first-order valence-corrected chi connectivity index (χ1v) is 4.60. The maximum absolute atomic E-state index is 10.9. The third-order valence-corrected chi connectivity index (χ3v) is 2.97. The largest absolute Gasteiger partial charge is 0.465 e. The third-order valence-electron chi connectivity index (χ3n) is 2.97. The second-order valence-corrected chi connectivity index (χ2v) is 3.70. The number of piperazine rings is 1. The summed E-state index contributed by atoms with van der Waals surface area (Å²) in [5.41, 5.74) is 0. The van der Waals surface area contributed by atoms with Gasteiger partial charge in [-0.1, -0.05) is 6.08 Å². The summed E-state index contributed by atoms with van der Waals surface area (Å²) in [6.07, 6.45) is 3.05. The zero-order valence-electron chi connectivity index (χ0n) is 7.44. The van der Waals surface area contributed by atoms with Gasteiger partial charge in [-0.25, -0.2) is 4.79 Å². The van der Waals surface area contributed by atoms with Gasteiger partial charge in [0.05, 0.1) is 6.04 Å². The topological polar surface area (TPSA) is 52.6 Å². The molecule has 0 spiro atoms. The predicted molar refractivity (Wildman–Crippen MR) is 48.7 cm³/mol. The summed E-state index contributed by atoms with van der Waals surface area (Å²) >= 11 is 0. The fourth-order valence-corrected chi connectivity index (χ4v) is 2.33. The highest BCUT2D eigenvalue weighted by molar-refractivity contribution is 5.66. The maximum Gasteiger partial charge on any atom is 0.407 e. The number of rotatable bonds is 1. The van der Waals surface area contributed by atoms with Crippen molar-refractivity contribution in [2.24, 2.45) is 0 Å². The number of hydrogen-bond acceptors (Lipinski definition) is 2. The van der Waals surface area contributed by atoms with Gasteiger partial charge in [0.25, 0.3) is 0 Å². The lowest BCUT2D eigenvalue weighted by atomic mass is 9.87. The van der Waals surface area contributed by atoms with Crippen molar-refractivity contribution in [2.45, 2.75) is 31.0 Å². The molecule has 3 atom stereocenters. The van der Waals surface area contributed by atoms with Crippen LogP contribution in [0.25, 0.3) is 0 Å². The molecule has 4 nitrogen and oxygen atoms in total. The Bertz CT molecular complexity index is 242. The number of amides is 1. The van der Waals surface area contributed by atoms with Gasteiger partial charge in [-0.05, 0) is 12.8 Å². The van der Waals surface area contributed by atoms with Gasteiger partial charge in [0.2, 0.25) is 0 Å². The van der Waals surface area contributed by atoms with Crippen LogP contribution in [0.4, 0.5) is 4.79 Å². The first-order valence-electron chi connectivity index (χ1n) is 4.60. The van der Waals surface area contributed by atoms with Crippen molar-refractivity contribution in [2.75, 3.05) is 6.54 Å². The van der Waals surface area contributed by atoms with Gasteiger partial charge < -0.3 is 15.3 Å². The monoisotopic (exact) mass is 182 g/mol. The molecule has 3 rings (SSSR count). The first-order chi connectivity index (χ1) is 6.22. The molecular formula is C9H14N2O2. The Labute approximate surface area is 77.2 Å². The molecule has 1 amide bonds. The molecule has 3 saturated heterocycles. The summed E-state index contributed by atoms with van der Waals surface area (Å²) in [6, 6.07) is 0.563. The van der Waals surface area contributed by atoms with Crippen LogP contribution in [0.15, 0.2) is 12.7 Å². The Kier molecular flexibility index (Phi) is 2.00. The molecule has 3 aliphatic heterocycles. The predicted octanol–water partition coefficient (Wildman–Crippen LogP) is 0.655. The summed E-state index contributed by atoms with van der Waals surface area (Å²) in [7, 11) is 0. The highest BCUT2D eigenvalue weighted by Crippen LogP contribution is 2.26. The minimum absolute atomic E-state index is 0.0972. The average molecular weight is 182 g/mol. The molecule has 13 heavy (non-hydrogen) atoms. The summed E-state index contributed by atoms with van der Waals surface area (Å²) in [5, 5.41) is 12.3. The van der Waals surface area contributed by atoms with Crippen LogP contribution in [0.1, 0.15) is 12.8 Å². The molecular weight excluding hydrogens is 168 g/mol. The number of nitrogens with zero attached hydrogens (tertiary/aromatic N) is 1. The van der Waals surface area contributed by atoms with Gasteiger partial charge in [0, 0.05) is 18.6 Å². The molecule has 2 N–H and O–H groups in total. The van der Waals surface area contributed by atoms with Crippen LogP contribution in [0, 0.1) is 0 Å². The Morgan fingerprint density at radius 2 is 2.38 bits per heavy atom. The van der Waals surface area contributed by atoms with Crippen LogP contribution in [-0.2, 0) is 0 Å². The van der Waals surface area contributed by atoms with Gasteiger partial charge in [0.1, 0.15) is 0 Å². The van der Waals surface area contributed by atoms with Crippen LogP contribution in [-0.4, -0.2) is 40.8 Å². The van der Waals surface area contributed by atoms with E-state index in [0.717, 1.165) is 12.8 Å². The van der Waals surface area contributed by atoms with E-state index < -0.39 is 6.09 Å². The molecule has 2 bridgehead atoms. The third kappa shape index (κ3) is 1.31. The molecule has 4 heteroatoms. The summed E-state index contributed by atoms with van der Waals surface area (Å²) in [4.78, 5) is 12.4. The van der Waals surface area contributed by atoms with E-state index in [-0.39, 0.29) is 12.1 Å². The van der Waals surface area contributed by atoms with E-state index in [9.17, 15) is 4.79 Å². The van der Waals surface area contributed by atoms with Crippen LogP contribution < -0.4 is 5.32 Å². The van der Waals surface area contributed by atoms with E-state index in [0.29, 0.717) is 12.6 Å². The quantitative estimate of drug-likeness (QED) is 0.585. The zero-order valence-corrected chi connectivity index (χ0v) is 7.44.